The summed E-state index contributed by atoms with van der Waals surface area (Å²) in [7, 11) is -2.52. The highest BCUT2D eigenvalue weighted by Gasteiger charge is 2.37. The van der Waals surface area contributed by atoms with Crippen molar-refractivity contribution in [2.75, 3.05) is 26.9 Å². The van der Waals surface area contributed by atoms with Crippen LogP contribution in [0.15, 0.2) is 41.3 Å². The molecular formula is C21H24FNO5S. The zero-order valence-corrected chi connectivity index (χ0v) is 17.1. The second kappa shape index (κ2) is 7.84. The van der Waals surface area contributed by atoms with Crippen LogP contribution in [0.25, 0.3) is 0 Å². The van der Waals surface area contributed by atoms with Gasteiger partial charge in [0.2, 0.25) is 10.0 Å². The van der Waals surface area contributed by atoms with Crippen LogP contribution in [0, 0.1) is 5.82 Å². The molecule has 0 radical (unpaired) electrons. The molecule has 6 nitrogen and oxygen atoms in total. The van der Waals surface area contributed by atoms with E-state index >= 15 is 0 Å². The number of nitrogens with one attached hydrogen (secondary N) is 1. The molecule has 0 amide bonds. The van der Waals surface area contributed by atoms with E-state index in [2.05, 4.69) is 4.72 Å². The van der Waals surface area contributed by atoms with E-state index in [1.54, 1.807) is 0 Å². The van der Waals surface area contributed by atoms with Gasteiger partial charge >= 0.3 is 0 Å². The van der Waals surface area contributed by atoms with Gasteiger partial charge in [0.25, 0.3) is 0 Å². The van der Waals surface area contributed by atoms with E-state index in [1.807, 2.05) is 18.2 Å². The van der Waals surface area contributed by atoms with Crippen LogP contribution < -0.4 is 18.9 Å². The minimum absolute atomic E-state index is 0.00694. The Kier molecular flexibility index (Phi) is 5.40. The third kappa shape index (κ3) is 3.91. The van der Waals surface area contributed by atoms with Gasteiger partial charge < -0.3 is 14.2 Å². The van der Waals surface area contributed by atoms with Crippen LogP contribution in [-0.4, -0.2) is 35.3 Å². The van der Waals surface area contributed by atoms with Gasteiger partial charge in [0, 0.05) is 12.0 Å². The molecule has 1 fully saturated rings. The summed E-state index contributed by atoms with van der Waals surface area (Å²) < 4.78 is 58.4. The molecule has 0 aromatic heterocycles. The van der Waals surface area contributed by atoms with Gasteiger partial charge in [-0.1, -0.05) is 18.9 Å². The van der Waals surface area contributed by atoms with Crippen LogP contribution in [-0.2, 0) is 15.4 Å². The van der Waals surface area contributed by atoms with Gasteiger partial charge in [-0.05, 0) is 48.7 Å². The van der Waals surface area contributed by atoms with Crippen LogP contribution in [0.1, 0.15) is 31.2 Å². The number of ether oxygens (including phenoxy) is 3. The molecule has 2 aromatic carbocycles. The number of hydrogen-bond acceptors (Lipinski definition) is 5. The van der Waals surface area contributed by atoms with Crippen molar-refractivity contribution in [3.05, 3.63) is 47.8 Å². The monoisotopic (exact) mass is 421 g/mol. The number of benzene rings is 2. The van der Waals surface area contributed by atoms with Crippen molar-refractivity contribution >= 4 is 10.0 Å². The molecule has 1 N–H and O–H groups in total. The molecule has 2 aliphatic rings. The van der Waals surface area contributed by atoms with Gasteiger partial charge in [0.15, 0.2) is 23.1 Å². The maximum absolute atomic E-state index is 14.0. The molecule has 0 saturated heterocycles. The number of halogens is 1. The first-order chi connectivity index (χ1) is 13.9. The molecule has 1 aliphatic heterocycles. The predicted molar refractivity (Wildman–Crippen MR) is 106 cm³/mol. The number of methoxy groups -OCH3 is 1. The highest BCUT2D eigenvalue weighted by molar-refractivity contribution is 7.89. The van der Waals surface area contributed by atoms with E-state index in [4.69, 9.17) is 14.2 Å². The molecule has 29 heavy (non-hydrogen) atoms. The summed E-state index contributed by atoms with van der Waals surface area (Å²) in [6.45, 7) is 1.26. The summed E-state index contributed by atoms with van der Waals surface area (Å²) in [5.41, 5.74) is 0.705. The summed E-state index contributed by atoms with van der Waals surface area (Å²) in [4.78, 5) is -0.119. The van der Waals surface area contributed by atoms with Crippen molar-refractivity contribution in [2.24, 2.45) is 0 Å². The van der Waals surface area contributed by atoms with Gasteiger partial charge in [0.1, 0.15) is 13.2 Å². The fourth-order valence-electron chi connectivity index (χ4n) is 4.12. The first-order valence-electron chi connectivity index (χ1n) is 9.67. The molecule has 1 heterocycles. The molecule has 0 atom stereocenters. The van der Waals surface area contributed by atoms with E-state index in [9.17, 15) is 12.8 Å². The summed E-state index contributed by atoms with van der Waals surface area (Å²) in [5, 5.41) is 0. The lowest BCUT2D eigenvalue weighted by molar-refractivity contribution is 0.171. The van der Waals surface area contributed by atoms with Gasteiger partial charge in [-0.25, -0.2) is 17.5 Å². The summed E-state index contributed by atoms with van der Waals surface area (Å²) >= 11 is 0. The van der Waals surface area contributed by atoms with E-state index in [1.165, 1.54) is 19.2 Å². The lowest BCUT2D eigenvalue weighted by Gasteiger charge is -2.31. The Morgan fingerprint density at radius 3 is 2.48 bits per heavy atom. The molecule has 2 aromatic rings. The number of rotatable bonds is 6. The third-order valence-corrected chi connectivity index (χ3v) is 7.15. The fourth-order valence-corrected chi connectivity index (χ4v) is 5.26. The van der Waals surface area contributed by atoms with Crippen molar-refractivity contribution in [1.29, 1.82) is 0 Å². The molecule has 8 heteroatoms. The Morgan fingerprint density at radius 2 is 1.79 bits per heavy atom. The van der Waals surface area contributed by atoms with Crippen LogP contribution in [0.5, 0.6) is 17.2 Å². The van der Waals surface area contributed by atoms with Gasteiger partial charge in [-0.3, -0.25) is 0 Å². The second-order valence-electron chi connectivity index (χ2n) is 7.47. The van der Waals surface area contributed by atoms with Crippen molar-refractivity contribution < 1.29 is 27.0 Å². The number of sulfonamides is 1. The Morgan fingerprint density at radius 1 is 1.07 bits per heavy atom. The first kappa shape index (κ1) is 20.0. The largest absolute Gasteiger partial charge is 0.494 e. The molecule has 156 valence electrons. The molecule has 0 unspecified atom stereocenters. The minimum Gasteiger partial charge on any atom is -0.494 e. The quantitative estimate of drug-likeness (QED) is 0.774. The summed E-state index contributed by atoms with van der Waals surface area (Å²) in [5.74, 6) is 0.702. The van der Waals surface area contributed by atoms with E-state index in [0.717, 1.165) is 37.3 Å². The standard InChI is InChI=1S/C21H24FNO5S/c1-26-18-7-5-16(13-17(18)22)29(24,25)23-14-21(8-2-3-9-21)15-4-6-19-20(12-15)28-11-10-27-19/h4-7,12-13,23H,2-3,8-11,14H2,1H3. The SMILES string of the molecule is COc1ccc(S(=O)(=O)NCC2(c3ccc4c(c3)OCCO4)CCCC2)cc1F. The minimum atomic E-state index is -3.86. The third-order valence-electron chi connectivity index (χ3n) is 5.75. The van der Waals surface area contributed by atoms with Gasteiger partial charge in [-0.2, -0.15) is 0 Å². The van der Waals surface area contributed by atoms with Crippen LogP contribution in [0.2, 0.25) is 0 Å². The zero-order chi connectivity index (χ0) is 20.5. The topological polar surface area (TPSA) is 73.9 Å². The number of fused-ring (bicyclic) bond motifs is 1. The maximum Gasteiger partial charge on any atom is 0.240 e. The van der Waals surface area contributed by atoms with Crippen LogP contribution in [0.4, 0.5) is 4.39 Å². The fraction of sp³-hybridized carbons (Fsp3) is 0.429. The smallest absolute Gasteiger partial charge is 0.240 e. The van der Waals surface area contributed by atoms with Crippen molar-refractivity contribution in [3.8, 4) is 17.2 Å². The molecular weight excluding hydrogens is 397 g/mol. The lowest BCUT2D eigenvalue weighted by Crippen LogP contribution is -2.39. The summed E-state index contributed by atoms with van der Waals surface area (Å²) in [6, 6.07) is 9.47. The molecule has 1 saturated carbocycles. The van der Waals surface area contributed by atoms with E-state index in [0.29, 0.717) is 24.7 Å². The highest BCUT2D eigenvalue weighted by atomic mass is 32.2. The molecule has 0 spiro atoms. The Hall–Kier alpha value is -2.32. The average molecular weight is 421 g/mol. The van der Waals surface area contributed by atoms with E-state index in [-0.39, 0.29) is 22.6 Å². The zero-order valence-electron chi connectivity index (χ0n) is 16.2. The molecule has 4 rings (SSSR count). The van der Waals surface area contributed by atoms with Crippen molar-refractivity contribution in [2.45, 2.75) is 36.0 Å². The Balaban J connectivity index is 1.58. The van der Waals surface area contributed by atoms with Crippen molar-refractivity contribution in [3.63, 3.8) is 0 Å². The Bertz CT molecular complexity index is 1000. The average Bonchev–Trinajstić information content (AvgIpc) is 3.22. The molecule has 1 aliphatic carbocycles. The maximum atomic E-state index is 14.0. The molecule has 0 bridgehead atoms. The Labute approximate surface area is 170 Å². The predicted octanol–water partition coefficient (Wildman–Crippen LogP) is 3.40. The normalized spacial score (nSPS) is 17.9. The van der Waals surface area contributed by atoms with Crippen molar-refractivity contribution in [1.82, 2.24) is 4.72 Å². The highest BCUT2D eigenvalue weighted by Crippen LogP contribution is 2.44. The first-order valence-corrected chi connectivity index (χ1v) is 11.2. The van der Waals surface area contributed by atoms with Gasteiger partial charge in [0.05, 0.1) is 12.0 Å². The van der Waals surface area contributed by atoms with Crippen LogP contribution in [0.3, 0.4) is 0 Å². The second-order valence-corrected chi connectivity index (χ2v) is 9.23. The van der Waals surface area contributed by atoms with Crippen LogP contribution >= 0.6 is 0 Å². The summed E-state index contributed by atoms with van der Waals surface area (Å²) in [6.07, 6.45) is 3.78. The lowest BCUT2D eigenvalue weighted by atomic mass is 9.79. The van der Waals surface area contributed by atoms with Gasteiger partial charge in [-0.15, -0.1) is 0 Å². The number of hydrogen-bond donors (Lipinski definition) is 1. The van der Waals surface area contributed by atoms with E-state index < -0.39 is 15.8 Å².